The molecular weight excluding hydrogens is 295 g/mol. The van der Waals surface area contributed by atoms with Crippen LogP contribution in [0, 0.1) is 11.7 Å². The molecule has 0 aromatic heterocycles. The van der Waals surface area contributed by atoms with Gasteiger partial charge in [-0.25, -0.2) is 4.39 Å². The van der Waals surface area contributed by atoms with Crippen molar-refractivity contribution in [2.45, 2.75) is 64.7 Å². The van der Waals surface area contributed by atoms with E-state index in [-0.39, 0.29) is 5.82 Å². The maximum atomic E-state index is 14.3. The number of rotatable bonds is 5. The van der Waals surface area contributed by atoms with E-state index in [1.165, 1.54) is 44.1 Å². The van der Waals surface area contributed by atoms with E-state index in [2.05, 4.69) is 38.1 Å². The highest BCUT2D eigenvalue weighted by atomic mass is 19.1. The standard InChI is InChI=1S/C23H29F/c1-3-5-18-6-9-19(10-7-18)20-11-13-21(14-12-20)22-15-8-17(4-2)16-23(22)24/h8,11-16,18-19H,3-7,9-10H2,1-2H3. The van der Waals surface area contributed by atoms with Crippen molar-refractivity contribution < 1.29 is 4.39 Å². The molecule has 0 aliphatic heterocycles. The van der Waals surface area contributed by atoms with E-state index in [0.717, 1.165) is 23.5 Å². The fourth-order valence-corrected chi connectivity index (χ4v) is 4.14. The molecule has 0 heterocycles. The van der Waals surface area contributed by atoms with E-state index in [9.17, 15) is 4.39 Å². The quantitative estimate of drug-likeness (QED) is 0.549. The molecule has 0 amide bonds. The maximum absolute atomic E-state index is 14.3. The van der Waals surface area contributed by atoms with E-state index in [0.29, 0.717) is 11.5 Å². The Hall–Kier alpha value is -1.63. The Morgan fingerprint density at radius 1 is 0.917 bits per heavy atom. The zero-order chi connectivity index (χ0) is 16.9. The molecule has 0 N–H and O–H groups in total. The highest BCUT2D eigenvalue weighted by Gasteiger charge is 2.21. The normalized spacial score (nSPS) is 21.0. The van der Waals surface area contributed by atoms with Gasteiger partial charge in [0.15, 0.2) is 0 Å². The van der Waals surface area contributed by atoms with Gasteiger partial charge in [0.05, 0.1) is 0 Å². The second-order valence-corrected chi connectivity index (χ2v) is 7.30. The van der Waals surface area contributed by atoms with Gasteiger partial charge in [-0.1, -0.05) is 63.1 Å². The number of halogens is 1. The van der Waals surface area contributed by atoms with Gasteiger partial charge in [0.2, 0.25) is 0 Å². The van der Waals surface area contributed by atoms with Gasteiger partial charge in [-0.15, -0.1) is 0 Å². The molecule has 1 aliphatic carbocycles. The fraction of sp³-hybridized carbons (Fsp3) is 0.478. The van der Waals surface area contributed by atoms with E-state index < -0.39 is 0 Å². The highest BCUT2D eigenvalue weighted by molar-refractivity contribution is 5.65. The SMILES string of the molecule is CCCC1CCC(c2ccc(-c3ccc(CC)cc3F)cc2)CC1. The summed E-state index contributed by atoms with van der Waals surface area (Å²) >= 11 is 0. The van der Waals surface area contributed by atoms with Crippen molar-refractivity contribution in [3.8, 4) is 11.1 Å². The molecule has 1 saturated carbocycles. The molecule has 3 rings (SSSR count). The monoisotopic (exact) mass is 324 g/mol. The molecule has 1 aliphatic rings. The second kappa shape index (κ2) is 7.96. The molecule has 0 saturated heterocycles. The van der Waals surface area contributed by atoms with Gasteiger partial charge in [0.1, 0.15) is 5.82 Å². The minimum Gasteiger partial charge on any atom is -0.206 e. The lowest BCUT2D eigenvalue weighted by atomic mass is 9.77. The van der Waals surface area contributed by atoms with Gasteiger partial charge in [0, 0.05) is 5.56 Å². The van der Waals surface area contributed by atoms with Gasteiger partial charge >= 0.3 is 0 Å². The van der Waals surface area contributed by atoms with Crippen molar-refractivity contribution in [2.24, 2.45) is 5.92 Å². The van der Waals surface area contributed by atoms with Gasteiger partial charge in [-0.2, -0.15) is 0 Å². The Morgan fingerprint density at radius 3 is 2.21 bits per heavy atom. The molecule has 2 aromatic carbocycles. The minimum atomic E-state index is -0.109. The average molecular weight is 324 g/mol. The zero-order valence-electron chi connectivity index (χ0n) is 15.0. The number of benzene rings is 2. The van der Waals surface area contributed by atoms with Gasteiger partial charge in [-0.3, -0.25) is 0 Å². The van der Waals surface area contributed by atoms with Crippen molar-refractivity contribution in [2.75, 3.05) is 0 Å². The second-order valence-electron chi connectivity index (χ2n) is 7.30. The predicted molar refractivity (Wildman–Crippen MR) is 101 cm³/mol. The van der Waals surface area contributed by atoms with Crippen LogP contribution in [0.4, 0.5) is 4.39 Å². The largest absolute Gasteiger partial charge is 0.206 e. The summed E-state index contributed by atoms with van der Waals surface area (Å²) in [5, 5.41) is 0. The summed E-state index contributed by atoms with van der Waals surface area (Å²) in [5.74, 6) is 1.53. The summed E-state index contributed by atoms with van der Waals surface area (Å²) in [5.41, 5.74) is 4.18. The Kier molecular flexibility index (Phi) is 5.71. The molecule has 0 radical (unpaired) electrons. The number of hydrogen-bond donors (Lipinski definition) is 0. The van der Waals surface area contributed by atoms with Crippen LogP contribution in [0.3, 0.4) is 0 Å². The van der Waals surface area contributed by atoms with Crippen molar-refractivity contribution in [3.63, 3.8) is 0 Å². The first-order valence-electron chi connectivity index (χ1n) is 9.60. The van der Waals surface area contributed by atoms with Crippen LogP contribution in [0.25, 0.3) is 11.1 Å². The predicted octanol–water partition coefficient (Wildman–Crippen LogP) is 7.13. The molecule has 128 valence electrons. The molecule has 0 nitrogen and oxygen atoms in total. The smallest absolute Gasteiger partial charge is 0.131 e. The van der Waals surface area contributed by atoms with E-state index in [4.69, 9.17) is 0 Å². The lowest BCUT2D eigenvalue weighted by Crippen LogP contribution is -2.13. The maximum Gasteiger partial charge on any atom is 0.131 e. The van der Waals surface area contributed by atoms with Crippen LogP contribution in [0.15, 0.2) is 42.5 Å². The van der Waals surface area contributed by atoms with Crippen LogP contribution < -0.4 is 0 Å². The first-order valence-corrected chi connectivity index (χ1v) is 9.60. The Labute approximate surface area is 146 Å². The summed E-state index contributed by atoms with van der Waals surface area (Å²) in [7, 11) is 0. The first kappa shape index (κ1) is 17.2. The summed E-state index contributed by atoms with van der Waals surface area (Å²) in [4.78, 5) is 0. The summed E-state index contributed by atoms with van der Waals surface area (Å²) in [6.45, 7) is 4.34. The lowest BCUT2D eigenvalue weighted by molar-refractivity contribution is 0.308. The van der Waals surface area contributed by atoms with Crippen molar-refractivity contribution in [1.29, 1.82) is 0 Å². The molecule has 0 bridgehead atoms. The van der Waals surface area contributed by atoms with Crippen LogP contribution in [-0.2, 0) is 6.42 Å². The topological polar surface area (TPSA) is 0 Å². The summed E-state index contributed by atoms with van der Waals surface area (Å²) in [6, 6.07) is 14.2. The first-order chi connectivity index (χ1) is 11.7. The molecule has 24 heavy (non-hydrogen) atoms. The molecule has 1 fully saturated rings. The third-order valence-electron chi connectivity index (χ3n) is 5.68. The van der Waals surface area contributed by atoms with Gasteiger partial charge in [0.25, 0.3) is 0 Å². The van der Waals surface area contributed by atoms with Gasteiger partial charge in [-0.05, 0) is 66.7 Å². The van der Waals surface area contributed by atoms with E-state index in [1.54, 1.807) is 6.07 Å². The summed E-state index contributed by atoms with van der Waals surface area (Å²) < 4.78 is 14.3. The molecule has 0 unspecified atom stereocenters. The Balaban J connectivity index is 1.70. The van der Waals surface area contributed by atoms with Crippen LogP contribution in [0.2, 0.25) is 0 Å². The molecular formula is C23H29F. The molecule has 2 aromatic rings. The average Bonchev–Trinajstić information content (AvgIpc) is 2.63. The minimum absolute atomic E-state index is 0.109. The van der Waals surface area contributed by atoms with Crippen LogP contribution in [0.5, 0.6) is 0 Å². The lowest BCUT2D eigenvalue weighted by Gasteiger charge is -2.28. The highest BCUT2D eigenvalue weighted by Crippen LogP contribution is 2.38. The number of aryl methyl sites for hydroxylation is 1. The number of hydrogen-bond acceptors (Lipinski definition) is 0. The van der Waals surface area contributed by atoms with Crippen LogP contribution >= 0.6 is 0 Å². The van der Waals surface area contributed by atoms with Crippen molar-refractivity contribution in [1.82, 2.24) is 0 Å². The molecule has 0 spiro atoms. The molecule has 1 heteroatoms. The van der Waals surface area contributed by atoms with Gasteiger partial charge < -0.3 is 0 Å². The van der Waals surface area contributed by atoms with Crippen molar-refractivity contribution >= 4 is 0 Å². The molecule has 0 atom stereocenters. The summed E-state index contributed by atoms with van der Waals surface area (Å²) in [6.07, 6.45) is 8.93. The van der Waals surface area contributed by atoms with Crippen LogP contribution in [-0.4, -0.2) is 0 Å². The zero-order valence-corrected chi connectivity index (χ0v) is 15.0. The van der Waals surface area contributed by atoms with E-state index >= 15 is 0 Å². The third kappa shape index (κ3) is 3.88. The van der Waals surface area contributed by atoms with Crippen molar-refractivity contribution in [3.05, 3.63) is 59.4 Å². The fourth-order valence-electron chi connectivity index (χ4n) is 4.14. The Morgan fingerprint density at radius 2 is 1.62 bits per heavy atom. The van der Waals surface area contributed by atoms with Crippen LogP contribution in [0.1, 0.15) is 69.4 Å². The third-order valence-corrected chi connectivity index (χ3v) is 5.68. The van der Waals surface area contributed by atoms with E-state index in [1.807, 2.05) is 12.1 Å². The Bertz CT molecular complexity index is 648.